The molecule has 2 aromatic carbocycles. The van der Waals surface area contributed by atoms with Crippen LogP contribution in [0.3, 0.4) is 0 Å². The number of nitrogens with one attached hydrogen (secondary N) is 2. The third kappa shape index (κ3) is 1.52. The van der Waals surface area contributed by atoms with E-state index in [1.807, 2.05) is 48.5 Å². The molecule has 0 aliphatic rings. The first-order chi connectivity index (χ1) is 7.93. The first-order valence-electron chi connectivity index (χ1n) is 5.10. The van der Waals surface area contributed by atoms with Gasteiger partial charge in [0.1, 0.15) is 0 Å². The fourth-order valence-electron chi connectivity index (χ4n) is 1.66. The Kier molecular flexibility index (Phi) is 2.07. The molecule has 0 fully saturated rings. The number of rotatable bonds is 2. The molecule has 0 aliphatic heterocycles. The van der Waals surface area contributed by atoms with Crippen LogP contribution in [0.2, 0.25) is 0 Å². The zero-order valence-electron chi connectivity index (χ0n) is 8.57. The molecule has 16 heavy (non-hydrogen) atoms. The fraction of sp³-hybridized carbons (Fsp3) is 0. The summed E-state index contributed by atoms with van der Waals surface area (Å²) < 4.78 is 0. The molecule has 1 radical (unpaired) electrons. The van der Waals surface area contributed by atoms with Gasteiger partial charge in [-0.15, -0.1) is 0 Å². The van der Waals surface area contributed by atoms with Crippen molar-refractivity contribution in [2.45, 2.75) is 0 Å². The largest absolute Gasteiger partial charge is 0.338 e. The first-order valence-corrected chi connectivity index (χ1v) is 5.10. The molecular formula is C13H10N3. The molecular weight excluding hydrogens is 198 g/mol. The number of fused-ring (bicyclic) bond motifs is 1. The van der Waals surface area contributed by atoms with Gasteiger partial charge in [0.2, 0.25) is 0 Å². The van der Waals surface area contributed by atoms with Gasteiger partial charge in [-0.2, -0.15) is 5.10 Å². The lowest BCUT2D eigenvalue weighted by atomic mass is 10.2. The minimum atomic E-state index is 0.832. The zero-order valence-corrected chi connectivity index (χ0v) is 8.57. The molecule has 0 amide bonds. The Bertz CT molecular complexity index is 599. The van der Waals surface area contributed by atoms with E-state index >= 15 is 0 Å². The Morgan fingerprint density at radius 3 is 2.81 bits per heavy atom. The van der Waals surface area contributed by atoms with Crippen molar-refractivity contribution in [3.63, 3.8) is 0 Å². The Morgan fingerprint density at radius 2 is 1.94 bits per heavy atom. The van der Waals surface area contributed by atoms with Crippen LogP contribution in [0.25, 0.3) is 10.9 Å². The molecule has 1 heterocycles. The van der Waals surface area contributed by atoms with Gasteiger partial charge in [0.05, 0.1) is 5.52 Å². The fourth-order valence-corrected chi connectivity index (χ4v) is 1.66. The van der Waals surface area contributed by atoms with Crippen molar-refractivity contribution in [3.8, 4) is 0 Å². The summed E-state index contributed by atoms with van der Waals surface area (Å²) in [4.78, 5) is 0. The highest BCUT2D eigenvalue weighted by molar-refractivity contribution is 5.91. The standard InChI is InChI=1S/C13H10N3/c1-2-6-10(7-3-1)14-13-11-8-4-5-9-12(11)15-16-13/h1-6,8-9H,(H2,14,15,16). The van der Waals surface area contributed by atoms with Gasteiger partial charge in [-0.25, -0.2) is 0 Å². The highest BCUT2D eigenvalue weighted by Gasteiger charge is 2.03. The van der Waals surface area contributed by atoms with Gasteiger partial charge < -0.3 is 5.32 Å². The van der Waals surface area contributed by atoms with E-state index in [1.54, 1.807) is 0 Å². The molecule has 0 aliphatic carbocycles. The maximum Gasteiger partial charge on any atom is 0.160 e. The predicted molar refractivity (Wildman–Crippen MR) is 64.7 cm³/mol. The van der Waals surface area contributed by atoms with E-state index < -0.39 is 0 Å². The lowest BCUT2D eigenvalue weighted by molar-refractivity contribution is 1.12. The number of aromatic nitrogens is 2. The van der Waals surface area contributed by atoms with Gasteiger partial charge >= 0.3 is 0 Å². The number of aromatic amines is 1. The van der Waals surface area contributed by atoms with Gasteiger partial charge in [0.15, 0.2) is 5.82 Å². The van der Waals surface area contributed by atoms with Crippen molar-refractivity contribution in [1.82, 2.24) is 10.2 Å². The minimum Gasteiger partial charge on any atom is -0.338 e. The minimum absolute atomic E-state index is 0.832. The zero-order chi connectivity index (χ0) is 10.8. The van der Waals surface area contributed by atoms with E-state index in [0.29, 0.717) is 0 Å². The molecule has 0 atom stereocenters. The summed E-state index contributed by atoms with van der Waals surface area (Å²) >= 11 is 0. The Hall–Kier alpha value is -2.29. The van der Waals surface area contributed by atoms with Crippen LogP contribution in [0.1, 0.15) is 0 Å². The molecule has 0 spiro atoms. The van der Waals surface area contributed by atoms with E-state index in [-0.39, 0.29) is 0 Å². The van der Waals surface area contributed by atoms with Gasteiger partial charge in [0.25, 0.3) is 0 Å². The average molecular weight is 208 g/mol. The molecule has 3 rings (SSSR count). The third-order valence-corrected chi connectivity index (χ3v) is 2.43. The number of anilines is 2. The predicted octanol–water partition coefficient (Wildman–Crippen LogP) is 3.11. The summed E-state index contributed by atoms with van der Waals surface area (Å²) in [6.07, 6.45) is 0. The molecule has 0 saturated heterocycles. The smallest absolute Gasteiger partial charge is 0.160 e. The summed E-state index contributed by atoms with van der Waals surface area (Å²) in [6, 6.07) is 18.9. The van der Waals surface area contributed by atoms with E-state index in [1.165, 1.54) is 0 Å². The molecule has 2 N–H and O–H groups in total. The van der Waals surface area contributed by atoms with Crippen molar-refractivity contribution in [1.29, 1.82) is 0 Å². The van der Waals surface area contributed by atoms with E-state index in [2.05, 4.69) is 21.6 Å². The molecule has 1 aromatic heterocycles. The molecule has 0 unspecified atom stereocenters. The highest BCUT2D eigenvalue weighted by Crippen LogP contribution is 2.22. The Morgan fingerprint density at radius 1 is 1.06 bits per heavy atom. The van der Waals surface area contributed by atoms with Gasteiger partial charge in [0, 0.05) is 17.1 Å². The van der Waals surface area contributed by atoms with Gasteiger partial charge in [-0.3, -0.25) is 5.10 Å². The lowest BCUT2D eigenvalue weighted by Gasteiger charge is -2.01. The van der Waals surface area contributed by atoms with Gasteiger partial charge in [-0.1, -0.05) is 30.3 Å². The van der Waals surface area contributed by atoms with E-state index in [4.69, 9.17) is 0 Å². The second-order valence-corrected chi connectivity index (χ2v) is 3.52. The molecule has 3 aromatic rings. The normalized spacial score (nSPS) is 10.5. The van der Waals surface area contributed by atoms with Crippen LogP contribution in [0.4, 0.5) is 11.5 Å². The monoisotopic (exact) mass is 208 g/mol. The van der Waals surface area contributed by atoms with Crippen LogP contribution in [-0.2, 0) is 0 Å². The molecule has 77 valence electrons. The SMILES string of the molecule is [c]1ccccc1Nc1n[nH]c2ccccc12. The van der Waals surface area contributed by atoms with Gasteiger partial charge in [-0.05, 0) is 18.2 Å². The number of H-pyrrole nitrogens is 1. The molecule has 3 nitrogen and oxygen atoms in total. The molecule has 0 saturated carbocycles. The Balaban J connectivity index is 2.01. The summed E-state index contributed by atoms with van der Waals surface area (Å²) in [5, 5.41) is 11.5. The maximum atomic E-state index is 4.23. The summed E-state index contributed by atoms with van der Waals surface area (Å²) in [5.74, 6) is 0.832. The van der Waals surface area contributed by atoms with Crippen molar-refractivity contribution in [3.05, 3.63) is 54.6 Å². The first kappa shape index (κ1) is 8.97. The summed E-state index contributed by atoms with van der Waals surface area (Å²) in [5.41, 5.74) is 1.95. The lowest BCUT2D eigenvalue weighted by Crippen LogP contribution is -1.90. The van der Waals surface area contributed by atoms with Crippen LogP contribution in [-0.4, -0.2) is 10.2 Å². The number of benzene rings is 2. The van der Waals surface area contributed by atoms with Crippen molar-refractivity contribution in [2.75, 3.05) is 5.32 Å². The number of nitrogens with zero attached hydrogens (tertiary/aromatic N) is 1. The van der Waals surface area contributed by atoms with Crippen LogP contribution in [0.15, 0.2) is 48.5 Å². The van der Waals surface area contributed by atoms with Crippen LogP contribution >= 0.6 is 0 Å². The van der Waals surface area contributed by atoms with Crippen molar-refractivity contribution in [2.24, 2.45) is 0 Å². The summed E-state index contributed by atoms with van der Waals surface area (Å²) in [6.45, 7) is 0. The maximum absolute atomic E-state index is 4.23. The van der Waals surface area contributed by atoms with E-state index in [0.717, 1.165) is 22.4 Å². The second-order valence-electron chi connectivity index (χ2n) is 3.52. The molecule has 0 bridgehead atoms. The average Bonchev–Trinajstić information content (AvgIpc) is 2.74. The number of para-hydroxylation sites is 2. The van der Waals surface area contributed by atoms with E-state index in [9.17, 15) is 0 Å². The molecule has 3 heteroatoms. The van der Waals surface area contributed by atoms with Crippen LogP contribution in [0.5, 0.6) is 0 Å². The topological polar surface area (TPSA) is 40.7 Å². The van der Waals surface area contributed by atoms with Crippen LogP contribution in [0, 0.1) is 6.07 Å². The van der Waals surface area contributed by atoms with Crippen LogP contribution < -0.4 is 5.32 Å². The highest BCUT2D eigenvalue weighted by atomic mass is 15.2. The Labute approximate surface area is 93.1 Å². The number of hydrogen-bond donors (Lipinski definition) is 2. The van der Waals surface area contributed by atoms with Crippen molar-refractivity contribution < 1.29 is 0 Å². The van der Waals surface area contributed by atoms with Crippen molar-refractivity contribution >= 4 is 22.4 Å². The number of hydrogen-bond acceptors (Lipinski definition) is 2. The quantitative estimate of drug-likeness (QED) is 0.679. The second kappa shape index (κ2) is 3.70. The summed E-state index contributed by atoms with van der Waals surface area (Å²) in [7, 11) is 0. The third-order valence-electron chi connectivity index (χ3n) is 2.43.